The predicted octanol–water partition coefficient (Wildman–Crippen LogP) is 7.48. The van der Waals surface area contributed by atoms with Crippen molar-refractivity contribution in [3.8, 4) is 0 Å². The molecule has 194 valence electrons. The molecule has 0 radical (unpaired) electrons. The van der Waals surface area contributed by atoms with Crippen LogP contribution in [-0.4, -0.2) is 48.5 Å². The predicted molar refractivity (Wildman–Crippen MR) is 76.7 cm³/mol. The van der Waals surface area contributed by atoms with Gasteiger partial charge in [-0.1, -0.05) is 24.3 Å². The average Bonchev–Trinajstić information content (AvgIpc) is 2.60. The zero-order valence-corrected chi connectivity index (χ0v) is 15.2. The number of alkyl halides is 17. The molecule has 34 heavy (non-hydrogen) atoms. The Kier molecular flexibility index (Phi) is 7.18. The van der Waals surface area contributed by atoms with Gasteiger partial charge in [-0.2, -0.15) is 65.9 Å². The molecule has 0 aromatic heterocycles. The second-order valence-corrected chi connectivity index (χ2v) is 6.30. The molecule has 0 amide bonds. The highest BCUT2D eigenvalue weighted by molar-refractivity contribution is 5.80. The van der Waals surface area contributed by atoms with Crippen LogP contribution in [0.4, 0.5) is 74.6 Å². The molecule has 1 nitrogen and oxygen atoms in total. The van der Waals surface area contributed by atoms with E-state index in [9.17, 15) is 79.4 Å². The van der Waals surface area contributed by atoms with E-state index in [0.717, 1.165) is 0 Å². The van der Waals surface area contributed by atoms with Crippen LogP contribution >= 0.6 is 0 Å². The zero-order chi connectivity index (χ0) is 27.3. The minimum atomic E-state index is -8.16. The van der Waals surface area contributed by atoms with E-state index < -0.39 is 64.5 Å². The second-order valence-electron chi connectivity index (χ2n) is 6.30. The van der Waals surface area contributed by atoms with Gasteiger partial charge in [-0.25, -0.2) is 8.78 Å². The van der Waals surface area contributed by atoms with E-state index in [1.54, 1.807) is 0 Å². The summed E-state index contributed by atoms with van der Waals surface area (Å²) in [7, 11) is 0. The standard InChI is InChI=1S/C16H5F17O/c17-10(13(22,23)24,14(25,26)27)9(11(18,15(28,29)30)16(31,32)33)8(12(19,20)21)7-3-1-6(5-34)2-4-7/h1-5H. The molecule has 0 bridgehead atoms. The molecule has 1 aromatic carbocycles. The lowest BCUT2D eigenvalue weighted by atomic mass is 9.76. The van der Waals surface area contributed by atoms with E-state index in [1.807, 2.05) is 0 Å². The number of hydrogen-bond acceptors (Lipinski definition) is 1. The molecule has 0 aliphatic heterocycles. The maximum absolute atomic E-state index is 14.5. The third-order valence-corrected chi connectivity index (χ3v) is 4.12. The minimum Gasteiger partial charge on any atom is -0.298 e. The SMILES string of the molecule is O=Cc1ccc(C(=C(C(F)(C(F)(F)F)C(F)(F)F)C(F)(C(F)(F)F)C(F)(F)F)C(F)(F)F)cc1. The number of halogens is 17. The van der Waals surface area contributed by atoms with E-state index in [4.69, 9.17) is 0 Å². The smallest absolute Gasteiger partial charge is 0.298 e. The van der Waals surface area contributed by atoms with Crippen molar-refractivity contribution in [1.29, 1.82) is 0 Å². The van der Waals surface area contributed by atoms with Gasteiger partial charge in [0.15, 0.2) is 0 Å². The Morgan fingerprint density at radius 3 is 1.03 bits per heavy atom. The molecule has 0 saturated carbocycles. The normalized spacial score (nSPS) is 14.7. The van der Waals surface area contributed by atoms with Crippen LogP contribution in [0.25, 0.3) is 5.57 Å². The summed E-state index contributed by atoms with van der Waals surface area (Å²) >= 11 is 0. The van der Waals surface area contributed by atoms with Crippen LogP contribution in [0.15, 0.2) is 29.8 Å². The quantitative estimate of drug-likeness (QED) is 0.288. The van der Waals surface area contributed by atoms with Gasteiger partial charge in [0.1, 0.15) is 6.29 Å². The van der Waals surface area contributed by atoms with Gasteiger partial charge in [-0.05, 0) is 5.56 Å². The molecule has 0 aliphatic carbocycles. The molecule has 0 unspecified atom stereocenters. The summed E-state index contributed by atoms with van der Waals surface area (Å²) in [4.78, 5) is 10.5. The van der Waals surface area contributed by atoms with Gasteiger partial charge >= 0.3 is 42.2 Å². The molecule has 0 aliphatic rings. The van der Waals surface area contributed by atoms with Gasteiger partial charge in [-0.15, -0.1) is 0 Å². The van der Waals surface area contributed by atoms with Crippen molar-refractivity contribution in [2.45, 2.75) is 42.2 Å². The summed E-state index contributed by atoms with van der Waals surface area (Å²) in [6, 6.07) is -0.498. The molecule has 0 heterocycles. The summed E-state index contributed by atoms with van der Waals surface area (Å²) in [6.07, 6.45) is -39.4. The summed E-state index contributed by atoms with van der Waals surface area (Å²) in [5, 5.41) is 0. The minimum absolute atomic E-state index is 0.105. The number of hydrogen-bond donors (Lipinski definition) is 0. The lowest BCUT2D eigenvalue weighted by Gasteiger charge is -2.41. The fourth-order valence-electron chi connectivity index (χ4n) is 2.65. The van der Waals surface area contributed by atoms with Crippen LogP contribution in [0.5, 0.6) is 0 Å². The van der Waals surface area contributed by atoms with Gasteiger partial charge in [-0.3, -0.25) is 4.79 Å². The van der Waals surface area contributed by atoms with Crippen molar-refractivity contribution in [3.63, 3.8) is 0 Å². The lowest BCUT2D eigenvalue weighted by molar-refractivity contribution is -0.363. The van der Waals surface area contributed by atoms with E-state index >= 15 is 0 Å². The number of benzene rings is 1. The molecule has 0 fully saturated rings. The topological polar surface area (TPSA) is 17.1 Å². The van der Waals surface area contributed by atoms with Crippen molar-refractivity contribution in [2.75, 3.05) is 0 Å². The average molecular weight is 536 g/mol. The molecule has 0 saturated heterocycles. The second kappa shape index (κ2) is 8.28. The Labute approximate surface area is 175 Å². The van der Waals surface area contributed by atoms with Crippen molar-refractivity contribution < 1.29 is 79.4 Å². The van der Waals surface area contributed by atoms with E-state index in [-0.39, 0.29) is 30.6 Å². The Morgan fingerprint density at radius 2 is 0.824 bits per heavy atom. The molecular formula is C16H5F17O. The van der Waals surface area contributed by atoms with Gasteiger partial charge < -0.3 is 0 Å². The van der Waals surface area contributed by atoms with Crippen molar-refractivity contribution in [1.82, 2.24) is 0 Å². The monoisotopic (exact) mass is 536 g/mol. The van der Waals surface area contributed by atoms with Crippen LogP contribution in [0.1, 0.15) is 15.9 Å². The third-order valence-electron chi connectivity index (χ3n) is 4.12. The third kappa shape index (κ3) is 4.67. The Morgan fingerprint density at radius 1 is 0.529 bits per heavy atom. The van der Waals surface area contributed by atoms with Crippen LogP contribution in [0.2, 0.25) is 0 Å². The molecule has 1 aromatic rings. The first-order valence-corrected chi connectivity index (χ1v) is 7.81. The first kappa shape index (κ1) is 29.5. The maximum Gasteiger partial charge on any atom is 0.435 e. The molecule has 0 N–H and O–H groups in total. The summed E-state index contributed by atoms with van der Waals surface area (Å²) < 4.78 is 227. The molecule has 0 atom stereocenters. The van der Waals surface area contributed by atoms with Gasteiger partial charge in [0.2, 0.25) is 0 Å². The first-order valence-electron chi connectivity index (χ1n) is 7.81. The van der Waals surface area contributed by atoms with Gasteiger partial charge in [0.25, 0.3) is 0 Å². The van der Waals surface area contributed by atoms with Crippen molar-refractivity contribution in [2.24, 2.45) is 0 Å². The van der Waals surface area contributed by atoms with Crippen LogP contribution in [0, 0.1) is 0 Å². The van der Waals surface area contributed by atoms with E-state index in [2.05, 4.69) is 0 Å². The largest absolute Gasteiger partial charge is 0.435 e. The van der Waals surface area contributed by atoms with Crippen LogP contribution in [0.3, 0.4) is 0 Å². The number of allylic oxidation sites excluding steroid dienone is 2. The Bertz CT molecular complexity index is 853. The fourth-order valence-corrected chi connectivity index (χ4v) is 2.65. The van der Waals surface area contributed by atoms with Crippen LogP contribution < -0.4 is 0 Å². The first-order chi connectivity index (χ1) is 14.8. The number of carbonyl (C=O) groups is 1. The van der Waals surface area contributed by atoms with E-state index in [0.29, 0.717) is 0 Å². The summed E-state index contributed by atoms with van der Waals surface area (Å²) in [5.74, 6) is 0. The maximum atomic E-state index is 14.5. The van der Waals surface area contributed by atoms with Gasteiger partial charge in [0, 0.05) is 5.56 Å². The van der Waals surface area contributed by atoms with Crippen LogP contribution in [-0.2, 0) is 0 Å². The van der Waals surface area contributed by atoms with Gasteiger partial charge in [0.05, 0.1) is 11.1 Å². The summed E-state index contributed by atoms with van der Waals surface area (Å²) in [5.41, 5.74) is -29.0. The Balaban J connectivity index is 4.68. The highest BCUT2D eigenvalue weighted by Crippen LogP contribution is 2.64. The number of carbonyl (C=O) groups excluding carboxylic acids is 1. The van der Waals surface area contributed by atoms with Crippen molar-refractivity contribution >= 4 is 11.9 Å². The lowest BCUT2D eigenvalue weighted by Crippen LogP contribution is -2.66. The number of aldehydes is 1. The zero-order valence-electron chi connectivity index (χ0n) is 15.2. The molecular weight excluding hydrogens is 531 g/mol. The highest BCUT2D eigenvalue weighted by atomic mass is 19.4. The summed E-state index contributed by atoms with van der Waals surface area (Å²) in [6.45, 7) is 0. The van der Waals surface area contributed by atoms with E-state index in [1.165, 1.54) is 0 Å². The Hall–Kier alpha value is -2.56. The number of rotatable bonds is 4. The molecule has 0 spiro atoms. The molecule has 18 heteroatoms. The fraction of sp³-hybridized carbons (Fsp3) is 0.438. The highest BCUT2D eigenvalue weighted by Gasteiger charge is 2.87. The molecule has 1 rings (SSSR count). The van der Waals surface area contributed by atoms with Crippen molar-refractivity contribution in [3.05, 3.63) is 41.0 Å².